The Morgan fingerprint density at radius 1 is 1.50 bits per heavy atom. The number of epoxide rings is 1. The minimum atomic E-state index is 0.215. The van der Waals surface area contributed by atoms with Crippen LogP contribution in [0.2, 0.25) is 0 Å². The largest absolute Gasteiger partial charge is 0.362 e. The van der Waals surface area contributed by atoms with Gasteiger partial charge in [0.1, 0.15) is 5.60 Å². The highest BCUT2D eigenvalue weighted by molar-refractivity contribution is 5.17. The van der Waals surface area contributed by atoms with Crippen LogP contribution >= 0.6 is 0 Å². The summed E-state index contributed by atoms with van der Waals surface area (Å²) in [7, 11) is 0. The maximum absolute atomic E-state index is 5.62. The highest BCUT2D eigenvalue weighted by Crippen LogP contribution is 2.48. The fraction of sp³-hybridized carbons (Fsp3) is 0.778. The van der Waals surface area contributed by atoms with Crippen molar-refractivity contribution in [1.82, 2.24) is 0 Å². The molecule has 1 saturated heterocycles. The van der Waals surface area contributed by atoms with Gasteiger partial charge in [-0.05, 0) is 19.8 Å². The van der Waals surface area contributed by atoms with Gasteiger partial charge in [0.2, 0.25) is 0 Å². The average Bonchev–Trinajstić information content (AvgIpc) is 2.62. The predicted octanol–water partition coefficient (Wildman–Crippen LogP) is 2.27. The molecular formula is C9H14O. The maximum atomic E-state index is 5.62. The molecule has 1 saturated carbocycles. The van der Waals surface area contributed by atoms with Crippen LogP contribution in [0, 0.1) is 0 Å². The van der Waals surface area contributed by atoms with E-state index in [1.807, 2.05) is 0 Å². The Morgan fingerprint density at radius 3 is 3.10 bits per heavy atom. The van der Waals surface area contributed by atoms with E-state index in [4.69, 9.17) is 4.74 Å². The van der Waals surface area contributed by atoms with Crippen LogP contribution in [0.3, 0.4) is 0 Å². The van der Waals surface area contributed by atoms with Crippen LogP contribution in [0.5, 0.6) is 0 Å². The van der Waals surface area contributed by atoms with Crippen molar-refractivity contribution >= 4 is 0 Å². The molecule has 0 aromatic carbocycles. The lowest BCUT2D eigenvalue weighted by Gasteiger charge is -2.11. The van der Waals surface area contributed by atoms with Crippen LogP contribution in [0.1, 0.15) is 32.6 Å². The maximum Gasteiger partial charge on any atom is 0.113 e. The second kappa shape index (κ2) is 2.09. The van der Waals surface area contributed by atoms with Crippen molar-refractivity contribution in [3.05, 3.63) is 12.2 Å². The lowest BCUT2D eigenvalue weighted by atomic mass is 9.89. The average molecular weight is 138 g/mol. The zero-order valence-corrected chi connectivity index (χ0v) is 6.47. The molecule has 2 atom stereocenters. The van der Waals surface area contributed by atoms with Gasteiger partial charge in [-0.25, -0.2) is 0 Å². The molecule has 0 spiro atoms. The first-order valence-corrected chi connectivity index (χ1v) is 4.19. The standard InChI is InChI=1S/C9H14O/c1-2-6-9-7-4-3-5-8(9)10-9/h2,6,8H,3-5,7H2,1H3. The zero-order chi connectivity index (χ0) is 7.03. The normalized spacial score (nSPS) is 45.5. The minimum absolute atomic E-state index is 0.215. The van der Waals surface area contributed by atoms with Gasteiger partial charge in [-0.1, -0.05) is 25.0 Å². The molecule has 2 aliphatic rings. The van der Waals surface area contributed by atoms with Crippen LogP contribution in [0.4, 0.5) is 0 Å². The van der Waals surface area contributed by atoms with Crippen molar-refractivity contribution in [2.45, 2.75) is 44.3 Å². The molecular weight excluding hydrogens is 124 g/mol. The van der Waals surface area contributed by atoms with Gasteiger partial charge in [0, 0.05) is 0 Å². The van der Waals surface area contributed by atoms with Gasteiger partial charge < -0.3 is 4.74 Å². The van der Waals surface area contributed by atoms with Crippen molar-refractivity contribution in [3.63, 3.8) is 0 Å². The highest BCUT2D eigenvalue weighted by atomic mass is 16.6. The Balaban J connectivity index is 2.05. The molecule has 2 unspecified atom stereocenters. The Kier molecular flexibility index (Phi) is 1.34. The second-order valence-electron chi connectivity index (χ2n) is 3.31. The lowest BCUT2D eigenvalue weighted by Crippen LogP contribution is -2.15. The van der Waals surface area contributed by atoms with Crippen LogP contribution in [-0.2, 0) is 4.74 Å². The third kappa shape index (κ3) is 0.807. The van der Waals surface area contributed by atoms with Gasteiger partial charge in [-0.15, -0.1) is 0 Å². The van der Waals surface area contributed by atoms with E-state index in [0.717, 1.165) is 0 Å². The van der Waals surface area contributed by atoms with E-state index >= 15 is 0 Å². The van der Waals surface area contributed by atoms with Gasteiger partial charge in [-0.2, -0.15) is 0 Å². The molecule has 2 rings (SSSR count). The molecule has 1 heterocycles. The van der Waals surface area contributed by atoms with Gasteiger partial charge >= 0.3 is 0 Å². The lowest BCUT2D eigenvalue weighted by molar-refractivity contribution is 0.328. The summed E-state index contributed by atoms with van der Waals surface area (Å²) in [6, 6.07) is 0. The fourth-order valence-electron chi connectivity index (χ4n) is 2.00. The van der Waals surface area contributed by atoms with E-state index in [9.17, 15) is 0 Å². The third-order valence-electron chi connectivity index (χ3n) is 2.58. The summed E-state index contributed by atoms with van der Waals surface area (Å²) in [5, 5.41) is 0. The fourth-order valence-corrected chi connectivity index (χ4v) is 2.00. The smallest absolute Gasteiger partial charge is 0.113 e. The van der Waals surface area contributed by atoms with Gasteiger partial charge in [-0.3, -0.25) is 0 Å². The van der Waals surface area contributed by atoms with Crippen molar-refractivity contribution < 1.29 is 4.74 Å². The first kappa shape index (κ1) is 6.41. The number of fused-ring (bicyclic) bond motifs is 1. The quantitative estimate of drug-likeness (QED) is 0.400. The van der Waals surface area contributed by atoms with Crippen LogP contribution in [-0.4, -0.2) is 11.7 Å². The highest BCUT2D eigenvalue weighted by Gasteiger charge is 2.54. The summed E-state index contributed by atoms with van der Waals surface area (Å²) in [6.45, 7) is 2.07. The molecule has 1 heteroatoms. The van der Waals surface area contributed by atoms with E-state index in [-0.39, 0.29) is 5.60 Å². The number of hydrogen-bond donors (Lipinski definition) is 0. The zero-order valence-electron chi connectivity index (χ0n) is 6.47. The molecule has 10 heavy (non-hydrogen) atoms. The monoisotopic (exact) mass is 138 g/mol. The van der Waals surface area contributed by atoms with Crippen molar-refractivity contribution in [2.24, 2.45) is 0 Å². The summed E-state index contributed by atoms with van der Waals surface area (Å²) in [5.74, 6) is 0. The molecule has 0 aromatic rings. The number of rotatable bonds is 1. The van der Waals surface area contributed by atoms with Crippen molar-refractivity contribution in [2.75, 3.05) is 0 Å². The van der Waals surface area contributed by atoms with Crippen molar-refractivity contribution in [1.29, 1.82) is 0 Å². The predicted molar refractivity (Wildman–Crippen MR) is 40.9 cm³/mol. The summed E-state index contributed by atoms with van der Waals surface area (Å²) in [5.41, 5.74) is 0.215. The Hall–Kier alpha value is -0.300. The van der Waals surface area contributed by atoms with Gasteiger partial charge in [0.05, 0.1) is 6.10 Å². The van der Waals surface area contributed by atoms with E-state index in [1.54, 1.807) is 0 Å². The first-order chi connectivity index (χ1) is 4.87. The Morgan fingerprint density at radius 2 is 2.40 bits per heavy atom. The molecule has 1 aliphatic heterocycles. The minimum Gasteiger partial charge on any atom is -0.362 e. The molecule has 2 fully saturated rings. The second-order valence-corrected chi connectivity index (χ2v) is 3.31. The van der Waals surface area contributed by atoms with Crippen LogP contribution in [0.15, 0.2) is 12.2 Å². The SMILES string of the molecule is CC=CC12CCCCC1O2. The molecule has 0 N–H and O–H groups in total. The number of ether oxygens (including phenoxy) is 1. The third-order valence-corrected chi connectivity index (χ3v) is 2.58. The summed E-state index contributed by atoms with van der Waals surface area (Å²) in [4.78, 5) is 0. The topological polar surface area (TPSA) is 12.5 Å². The van der Waals surface area contributed by atoms with Gasteiger partial charge in [0.25, 0.3) is 0 Å². The molecule has 56 valence electrons. The molecule has 1 aliphatic carbocycles. The summed E-state index contributed by atoms with van der Waals surface area (Å²) >= 11 is 0. The first-order valence-electron chi connectivity index (χ1n) is 4.19. The van der Waals surface area contributed by atoms with Crippen molar-refractivity contribution in [3.8, 4) is 0 Å². The van der Waals surface area contributed by atoms with E-state index in [2.05, 4.69) is 19.1 Å². The summed E-state index contributed by atoms with van der Waals surface area (Å²) in [6.07, 6.45) is 10.2. The molecule has 0 aromatic heterocycles. The molecule has 1 nitrogen and oxygen atoms in total. The molecule has 0 amide bonds. The summed E-state index contributed by atoms with van der Waals surface area (Å²) < 4.78 is 5.62. The van der Waals surface area contributed by atoms with E-state index < -0.39 is 0 Å². The molecule has 0 radical (unpaired) electrons. The van der Waals surface area contributed by atoms with E-state index in [1.165, 1.54) is 25.7 Å². The molecule has 0 bridgehead atoms. The van der Waals surface area contributed by atoms with Gasteiger partial charge in [0.15, 0.2) is 0 Å². The van der Waals surface area contributed by atoms with Crippen LogP contribution < -0.4 is 0 Å². The van der Waals surface area contributed by atoms with E-state index in [0.29, 0.717) is 6.10 Å². The Bertz CT molecular complexity index is 162. The Labute approximate surface area is 62.1 Å². The number of hydrogen-bond acceptors (Lipinski definition) is 1. The van der Waals surface area contributed by atoms with Crippen LogP contribution in [0.25, 0.3) is 0 Å². The number of allylic oxidation sites excluding steroid dienone is 1.